The van der Waals surface area contributed by atoms with Gasteiger partial charge in [-0.05, 0) is 44.9 Å². The van der Waals surface area contributed by atoms with Gasteiger partial charge in [0, 0.05) is 18.9 Å². The van der Waals surface area contributed by atoms with Crippen molar-refractivity contribution in [1.82, 2.24) is 0 Å². The van der Waals surface area contributed by atoms with Crippen molar-refractivity contribution in [2.24, 2.45) is 0 Å². The Hall–Kier alpha value is -1.74. The summed E-state index contributed by atoms with van der Waals surface area (Å²) in [6, 6.07) is 5.56. The van der Waals surface area contributed by atoms with Crippen molar-refractivity contribution in [1.29, 1.82) is 0 Å². The quantitative estimate of drug-likeness (QED) is 0.505. The third-order valence-corrected chi connectivity index (χ3v) is 3.35. The molecule has 0 spiro atoms. The highest BCUT2D eigenvalue weighted by atomic mass is 16.7. The third kappa shape index (κ3) is 5.57. The van der Waals surface area contributed by atoms with Crippen LogP contribution in [0.25, 0.3) is 0 Å². The lowest BCUT2D eigenvalue weighted by Gasteiger charge is -2.19. The molecule has 3 nitrogen and oxygen atoms in total. The molecule has 1 aromatic rings. The minimum Gasteiger partial charge on any atom is -0.504 e. The van der Waals surface area contributed by atoms with E-state index >= 15 is 0 Å². The van der Waals surface area contributed by atoms with Gasteiger partial charge < -0.3 is 14.6 Å². The molecule has 2 unspecified atom stereocenters. The summed E-state index contributed by atoms with van der Waals surface area (Å²) in [5.41, 5.74) is 2.17. The number of rotatable bonds is 9. The van der Waals surface area contributed by atoms with Gasteiger partial charge in [-0.2, -0.15) is 0 Å². The van der Waals surface area contributed by atoms with Crippen LogP contribution in [-0.4, -0.2) is 18.0 Å². The third-order valence-electron chi connectivity index (χ3n) is 3.35. The molecule has 0 aliphatic heterocycles. The van der Waals surface area contributed by atoms with Crippen LogP contribution in [0.2, 0.25) is 0 Å². The molecule has 0 saturated carbocycles. The predicted molar refractivity (Wildman–Crippen MR) is 91.4 cm³/mol. The summed E-state index contributed by atoms with van der Waals surface area (Å²) in [5.74, 6) is 0.821. The summed E-state index contributed by atoms with van der Waals surface area (Å²) in [5, 5.41) is 10.2. The topological polar surface area (TPSA) is 38.7 Å². The van der Waals surface area contributed by atoms with Crippen LogP contribution in [-0.2, 0) is 4.74 Å². The van der Waals surface area contributed by atoms with E-state index in [2.05, 4.69) is 12.7 Å². The van der Waals surface area contributed by atoms with Gasteiger partial charge in [-0.3, -0.25) is 0 Å². The van der Waals surface area contributed by atoms with E-state index in [9.17, 15) is 5.11 Å². The molecule has 22 heavy (non-hydrogen) atoms. The zero-order valence-corrected chi connectivity index (χ0v) is 14.1. The average Bonchev–Trinajstić information content (AvgIpc) is 2.47. The highest BCUT2D eigenvalue weighted by Gasteiger charge is 2.14. The van der Waals surface area contributed by atoms with Gasteiger partial charge in [-0.25, -0.2) is 0 Å². The molecular formula is C19H28O3. The average molecular weight is 304 g/mol. The summed E-state index contributed by atoms with van der Waals surface area (Å²) >= 11 is 0. The monoisotopic (exact) mass is 304 g/mol. The van der Waals surface area contributed by atoms with Crippen LogP contribution in [0.15, 0.2) is 42.5 Å². The van der Waals surface area contributed by atoms with Crippen LogP contribution >= 0.6 is 0 Å². The summed E-state index contributed by atoms with van der Waals surface area (Å²) in [6.07, 6.45) is 5.41. The Labute approximate surface area is 134 Å². The van der Waals surface area contributed by atoms with E-state index in [-0.39, 0.29) is 18.0 Å². The molecule has 2 atom stereocenters. The van der Waals surface area contributed by atoms with Gasteiger partial charge in [0.25, 0.3) is 0 Å². The van der Waals surface area contributed by atoms with E-state index < -0.39 is 0 Å². The Balaban J connectivity index is 2.93. The lowest BCUT2D eigenvalue weighted by atomic mass is 9.92. The molecule has 0 radical (unpaired) electrons. The minimum absolute atomic E-state index is 0.145. The molecule has 0 amide bonds. The van der Waals surface area contributed by atoms with Crippen LogP contribution in [0.1, 0.15) is 52.0 Å². The number of phenols is 1. The molecule has 1 rings (SSSR count). The largest absolute Gasteiger partial charge is 0.504 e. The van der Waals surface area contributed by atoms with Crippen LogP contribution in [0.4, 0.5) is 0 Å². The summed E-state index contributed by atoms with van der Waals surface area (Å²) in [7, 11) is 0. The molecule has 0 aliphatic rings. The SMILES string of the molecule is C=C(C)CC(C=CC)c1ccc(OC(CC)OCC)c(O)c1. The summed E-state index contributed by atoms with van der Waals surface area (Å²) in [6.45, 7) is 12.5. The fourth-order valence-electron chi connectivity index (χ4n) is 2.33. The second-order valence-electron chi connectivity index (χ2n) is 5.43. The van der Waals surface area contributed by atoms with Gasteiger partial charge in [0.15, 0.2) is 17.8 Å². The van der Waals surface area contributed by atoms with Crippen LogP contribution in [0.5, 0.6) is 11.5 Å². The first-order valence-electron chi connectivity index (χ1n) is 7.90. The highest BCUT2D eigenvalue weighted by molar-refractivity contribution is 5.44. The van der Waals surface area contributed by atoms with E-state index in [0.29, 0.717) is 12.4 Å². The number of aromatic hydroxyl groups is 1. The Morgan fingerprint density at radius 3 is 2.59 bits per heavy atom. The lowest BCUT2D eigenvalue weighted by molar-refractivity contribution is -0.0776. The normalized spacial score (nSPS) is 14.0. The van der Waals surface area contributed by atoms with E-state index in [0.717, 1.165) is 24.0 Å². The molecule has 0 saturated heterocycles. The molecule has 0 heterocycles. The standard InChI is InChI=1S/C19H28O3/c1-6-9-15(12-14(4)5)16-10-11-18(17(20)13-16)22-19(7-2)21-8-3/h6,9-11,13,15,19-20H,4,7-8,12H2,1-3,5H3. The van der Waals surface area contributed by atoms with Crippen molar-refractivity contribution in [3.63, 3.8) is 0 Å². The van der Waals surface area contributed by atoms with Gasteiger partial charge in [0.1, 0.15) is 0 Å². The second-order valence-corrected chi connectivity index (χ2v) is 5.43. The van der Waals surface area contributed by atoms with Gasteiger partial charge in [0.2, 0.25) is 0 Å². The van der Waals surface area contributed by atoms with Crippen LogP contribution in [0.3, 0.4) is 0 Å². The minimum atomic E-state index is -0.330. The molecule has 0 fully saturated rings. The maximum Gasteiger partial charge on any atom is 0.199 e. The van der Waals surface area contributed by atoms with E-state index in [4.69, 9.17) is 9.47 Å². The molecular weight excluding hydrogens is 276 g/mol. The van der Waals surface area contributed by atoms with Gasteiger partial charge >= 0.3 is 0 Å². The van der Waals surface area contributed by atoms with E-state index in [1.165, 1.54) is 0 Å². The van der Waals surface area contributed by atoms with Gasteiger partial charge in [-0.15, -0.1) is 6.58 Å². The van der Waals surface area contributed by atoms with Crippen molar-refractivity contribution in [3.8, 4) is 11.5 Å². The first-order valence-corrected chi connectivity index (χ1v) is 7.90. The number of ether oxygens (including phenoxy) is 2. The Kier molecular flexibility index (Phi) is 7.75. The van der Waals surface area contributed by atoms with Crippen molar-refractivity contribution in [2.75, 3.05) is 6.61 Å². The van der Waals surface area contributed by atoms with Crippen molar-refractivity contribution in [2.45, 2.75) is 52.7 Å². The summed E-state index contributed by atoms with van der Waals surface area (Å²) < 4.78 is 11.2. The van der Waals surface area contributed by atoms with E-state index in [1.54, 1.807) is 12.1 Å². The Bertz CT molecular complexity index is 505. The molecule has 0 aromatic heterocycles. The maximum absolute atomic E-state index is 10.2. The number of hydrogen-bond donors (Lipinski definition) is 1. The Morgan fingerprint density at radius 1 is 1.36 bits per heavy atom. The first-order chi connectivity index (χ1) is 10.5. The molecule has 3 heteroatoms. The first kappa shape index (κ1) is 18.3. The highest BCUT2D eigenvalue weighted by Crippen LogP contribution is 2.33. The molecule has 1 aromatic carbocycles. The summed E-state index contributed by atoms with van der Waals surface area (Å²) in [4.78, 5) is 0. The van der Waals surface area contributed by atoms with Crippen molar-refractivity contribution < 1.29 is 14.6 Å². The molecule has 0 bridgehead atoms. The second kappa shape index (κ2) is 9.31. The number of allylic oxidation sites excluding steroid dienone is 3. The van der Waals surface area contributed by atoms with Gasteiger partial charge in [-0.1, -0.05) is 30.7 Å². The number of benzene rings is 1. The molecule has 1 N–H and O–H groups in total. The van der Waals surface area contributed by atoms with Crippen LogP contribution in [0, 0.1) is 0 Å². The van der Waals surface area contributed by atoms with Crippen LogP contribution < -0.4 is 4.74 Å². The smallest absolute Gasteiger partial charge is 0.199 e. The fourth-order valence-corrected chi connectivity index (χ4v) is 2.33. The number of phenolic OH excluding ortho intramolecular Hbond substituents is 1. The lowest BCUT2D eigenvalue weighted by Crippen LogP contribution is -2.19. The zero-order chi connectivity index (χ0) is 16.5. The Morgan fingerprint density at radius 2 is 2.09 bits per heavy atom. The van der Waals surface area contributed by atoms with Crippen molar-refractivity contribution >= 4 is 0 Å². The number of hydrogen-bond acceptors (Lipinski definition) is 3. The zero-order valence-electron chi connectivity index (χ0n) is 14.1. The molecule has 122 valence electrons. The predicted octanol–water partition coefficient (Wildman–Crippen LogP) is 5.17. The van der Waals surface area contributed by atoms with Crippen molar-refractivity contribution in [3.05, 3.63) is 48.1 Å². The maximum atomic E-state index is 10.2. The van der Waals surface area contributed by atoms with E-state index in [1.807, 2.05) is 39.8 Å². The fraction of sp³-hybridized carbons (Fsp3) is 0.474. The van der Waals surface area contributed by atoms with Gasteiger partial charge in [0.05, 0.1) is 0 Å². The molecule has 0 aliphatic carbocycles.